The van der Waals surface area contributed by atoms with Gasteiger partial charge in [-0.1, -0.05) is 19.1 Å². The second-order valence-corrected chi connectivity index (χ2v) is 7.92. The SMILES string of the molecule is CCc1nc2ccccc2n1CCC(=O)N[C@@H]1CCOC[C@@H]1C1CCOCC1. The van der Waals surface area contributed by atoms with Gasteiger partial charge in [0, 0.05) is 51.2 Å². The van der Waals surface area contributed by atoms with E-state index in [9.17, 15) is 4.79 Å². The van der Waals surface area contributed by atoms with E-state index in [1.165, 1.54) is 0 Å². The maximum Gasteiger partial charge on any atom is 0.222 e. The molecule has 0 bridgehead atoms. The molecule has 6 heteroatoms. The Balaban J connectivity index is 1.38. The van der Waals surface area contributed by atoms with Crippen molar-refractivity contribution in [1.29, 1.82) is 0 Å². The van der Waals surface area contributed by atoms with Crippen molar-refractivity contribution in [2.75, 3.05) is 26.4 Å². The highest BCUT2D eigenvalue weighted by Crippen LogP contribution is 2.30. The Labute approximate surface area is 166 Å². The summed E-state index contributed by atoms with van der Waals surface area (Å²) in [4.78, 5) is 17.5. The maximum absolute atomic E-state index is 12.8. The Morgan fingerprint density at radius 3 is 2.79 bits per heavy atom. The number of rotatable bonds is 6. The van der Waals surface area contributed by atoms with Gasteiger partial charge in [-0.2, -0.15) is 0 Å². The summed E-state index contributed by atoms with van der Waals surface area (Å²) < 4.78 is 13.4. The standard InChI is InChI=1S/C22H31N3O3/c1-2-21-23-19-5-3-4-6-20(19)25(21)11-7-22(26)24-18-10-14-28-15-17(18)16-8-12-27-13-9-16/h3-6,16-18H,2,7-15H2,1H3,(H,24,26)/t17-,18-/m1/s1. The molecule has 1 N–H and O–H groups in total. The summed E-state index contributed by atoms with van der Waals surface area (Å²) in [6.07, 6.45) is 4.39. The van der Waals surface area contributed by atoms with Crippen molar-refractivity contribution in [2.24, 2.45) is 11.8 Å². The van der Waals surface area contributed by atoms with E-state index < -0.39 is 0 Å². The highest BCUT2D eigenvalue weighted by molar-refractivity contribution is 5.78. The molecule has 2 aliphatic heterocycles. The number of nitrogens with one attached hydrogen (secondary N) is 1. The monoisotopic (exact) mass is 385 g/mol. The maximum atomic E-state index is 12.8. The molecular formula is C22H31N3O3. The molecule has 0 spiro atoms. The van der Waals surface area contributed by atoms with Gasteiger partial charge < -0.3 is 19.4 Å². The Bertz CT molecular complexity index is 797. The van der Waals surface area contributed by atoms with Gasteiger partial charge in [0.15, 0.2) is 0 Å². The van der Waals surface area contributed by atoms with Crippen LogP contribution in [0.15, 0.2) is 24.3 Å². The van der Waals surface area contributed by atoms with Crippen molar-refractivity contribution in [3.05, 3.63) is 30.1 Å². The number of imidazole rings is 1. The van der Waals surface area contributed by atoms with Crippen molar-refractivity contribution >= 4 is 16.9 Å². The zero-order valence-electron chi connectivity index (χ0n) is 16.7. The van der Waals surface area contributed by atoms with Crippen molar-refractivity contribution in [1.82, 2.24) is 14.9 Å². The molecule has 4 rings (SSSR count). The van der Waals surface area contributed by atoms with E-state index >= 15 is 0 Å². The first-order valence-electron chi connectivity index (χ1n) is 10.6. The number of aromatic nitrogens is 2. The van der Waals surface area contributed by atoms with Crippen LogP contribution in [0, 0.1) is 11.8 Å². The average Bonchev–Trinajstić information content (AvgIpc) is 3.11. The second kappa shape index (κ2) is 9.05. The minimum absolute atomic E-state index is 0.129. The summed E-state index contributed by atoms with van der Waals surface area (Å²) in [5.74, 6) is 2.16. The Hall–Kier alpha value is -1.92. The van der Waals surface area contributed by atoms with Crippen LogP contribution >= 0.6 is 0 Å². The molecule has 1 aromatic heterocycles. The molecule has 0 saturated carbocycles. The number of amides is 1. The molecular weight excluding hydrogens is 354 g/mol. The number of hydrogen-bond donors (Lipinski definition) is 1. The van der Waals surface area contributed by atoms with Crippen molar-refractivity contribution in [3.8, 4) is 0 Å². The number of aryl methyl sites for hydroxylation is 2. The molecule has 2 aliphatic rings. The van der Waals surface area contributed by atoms with Crippen molar-refractivity contribution < 1.29 is 14.3 Å². The minimum Gasteiger partial charge on any atom is -0.381 e. The largest absolute Gasteiger partial charge is 0.381 e. The van der Waals surface area contributed by atoms with Crippen LogP contribution in [0.1, 0.15) is 38.4 Å². The zero-order valence-corrected chi connectivity index (χ0v) is 16.7. The fraction of sp³-hybridized carbons (Fsp3) is 0.636. The number of nitrogens with zero attached hydrogens (tertiary/aromatic N) is 2. The molecule has 2 atom stereocenters. The van der Waals surface area contributed by atoms with Gasteiger partial charge in [-0.15, -0.1) is 0 Å². The minimum atomic E-state index is 0.129. The molecule has 1 aromatic carbocycles. The molecule has 2 aromatic rings. The van der Waals surface area contributed by atoms with Gasteiger partial charge in [0.1, 0.15) is 5.82 Å². The second-order valence-electron chi connectivity index (χ2n) is 7.92. The van der Waals surface area contributed by atoms with Gasteiger partial charge in [0.25, 0.3) is 0 Å². The highest BCUT2D eigenvalue weighted by atomic mass is 16.5. The smallest absolute Gasteiger partial charge is 0.222 e. The van der Waals surface area contributed by atoms with Crippen LogP contribution in [0.25, 0.3) is 11.0 Å². The lowest BCUT2D eigenvalue weighted by Gasteiger charge is -2.39. The summed E-state index contributed by atoms with van der Waals surface area (Å²) in [6, 6.07) is 8.37. The van der Waals surface area contributed by atoms with Crippen LogP contribution in [0.3, 0.4) is 0 Å². The zero-order chi connectivity index (χ0) is 19.3. The van der Waals surface area contributed by atoms with Crippen LogP contribution in [-0.2, 0) is 27.2 Å². The molecule has 3 heterocycles. The average molecular weight is 386 g/mol. The Morgan fingerprint density at radius 2 is 1.96 bits per heavy atom. The first-order chi connectivity index (χ1) is 13.8. The highest BCUT2D eigenvalue weighted by Gasteiger charge is 2.34. The fourth-order valence-electron chi connectivity index (χ4n) is 4.68. The molecule has 6 nitrogen and oxygen atoms in total. The van der Waals surface area contributed by atoms with Gasteiger partial charge in [0.2, 0.25) is 5.91 Å². The number of fused-ring (bicyclic) bond motifs is 1. The third-order valence-electron chi connectivity index (χ3n) is 6.23. The number of para-hydroxylation sites is 2. The third kappa shape index (κ3) is 4.23. The van der Waals surface area contributed by atoms with Crippen LogP contribution < -0.4 is 5.32 Å². The van der Waals surface area contributed by atoms with E-state index in [1.54, 1.807) is 0 Å². The van der Waals surface area contributed by atoms with Gasteiger partial charge in [-0.3, -0.25) is 4.79 Å². The molecule has 28 heavy (non-hydrogen) atoms. The quantitative estimate of drug-likeness (QED) is 0.830. The van der Waals surface area contributed by atoms with Gasteiger partial charge in [0.05, 0.1) is 17.6 Å². The van der Waals surface area contributed by atoms with Crippen molar-refractivity contribution in [2.45, 2.75) is 51.6 Å². The number of carbonyl (C=O) groups excluding carboxylic acids is 1. The fourth-order valence-corrected chi connectivity index (χ4v) is 4.68. The van der Waals surface area contributed by atoms with E-state index in [0.29, 0.717) is 24.8 Å². The predicted octanol–water partition coefficient (Wildman–Crippen LogP) is 2.94. The molecule has 1 amide bonds. The van der Waals surface area contributed by atoms with Crippen LogP contribution in [0.2, 0.25) is 0 Å². The molecule has 0 unspecified atom stereocenters. The predicted molar refractivity (Wildman–Crippen MR) is 108 cm³/mol. The molecule has 2 saturated heterocycles. The number of benzene rings is 1. The van der Waals surface area contributed by atoms with Crippen LogP contribution in [-0.4, -0.2) is 47.9 Å². The van der Waals surface area contributed by atoms with E-state index in [1.807, 2.05) is 18.2 Å². The summed E-state index contributed by atoms with van der Waals surface area (Å²) >= 11 is 0. The lowest BCUT2D eigenvalue weighted by atomic mass is 9.79. The first-order valence-corrected chi connectivity index (χ1v) is 10.6. The number of carbonyl (C=O) groups is 1. The van der Waals surface area contributed by atoms with E-state index in [-0.39, 0.29) is 11.9 Å². The number of ether oxygens (including phenoxy) is 2. The van der Waals surface area contributed by atoms with Gasteiger partial charge >= 0.3 is 0 Å². The van der Waals surface area contributed by atoms with E-state index in [2.05, 4.69) is 22.9 Å². The number of hydrogen-bond acceptors (Lipinski definition) is 4. The summed E-state index contributed by atoms with van der Waals surface area (Å²) in [5.41, 5.74) is 2.11. The molecule has 0 aliphatic carbocycles. The third-order valence-corrected chi connectivity index (χ3v) is 6.23. The van der Waals surface area contributed by atoms with E-state index in [0.717, 1.165) is 69.0 Å². The first kappa shape index (κ1) is 19.4. The van der Waals surface area contributed by atoms with E-state index in [4.69, 9.17) is 14.5 Å². The normalized spacial score (nSPS) is 23.8. The van der Waals surface area contributed by atoms with Crippen LogP contribution in [0.5, 0.6) is 0 Å². The summed E-state index contributed by atoms with van der Waals surface area (Å²) in [5, 5.41) is 3.32. The summed E-state index contributed by atoms with van der Waals surface area (Å²) in [7, 11) is 0. The topological polar surface area (TPSA) is 65.4 Å². The van der Waals surface area contributed by atoms with Crippen molar-refractivity contribution in [3.63, 3.8) is 0 Å². The van der Waals surface area contributed by atoms with Gasteiger partial charge in [-0.05, 0) is 37.3 Å². The van der Waals surface area contributed by atoms with Crippen LogP contribution in [0.4, 0.5) is 0 Å². The molecule has 2 fully saturated rings. The lowest BCUT2D eigenvalue weighted by Crippen LogP contribution is -2.49. The van der Waals surface area contributed by atoms with Gasteiger partial charge in [-0.25, -0.2) is 4.98 Å². The Morgan fingerprint density at radius 1 is 1.18 bits per heavy atom. The lowest BCUT2D eigenvalue weighted by molar-refractivity contribution is -0.124. The molecule has 0 radical (unpaired) electrons. The molecule has 152 valence electrons. The Kier molecular flexibility index (Phi) is 6.27. The summed E-state index contributed by atoms with van der Waals surface area (Å²) in [6.45, 7) is 5.92.